The first-order chi connectivity index (χ1) is 8.50. The highest BCUT2D eigenvalue weighted by molar-refractivity contribution is 7.71. The molecule has 1 N–H and O–H groups in total. The highest BCUT2D eigenvalue weighted by Gasteiger charge is 2.08. The zero-order chi connectivity index (χ0) is 13.3. The number of pyridine rings is 1. The number of hydrogen-bond donors (Lipinski definition) is 1. The number of benzene rings is 1. The van der Waals surface area contributed by atoms with E-state index in [1.54, 1.807) is 6.92 Å². The minimum atomic E-state index is 0.202. The Morgan fingerprint density at radius 2 is 2.06 bits per heavy atom. The molecule has 0 aliphatic heterocycles. The van der Waals surface area contributed by atoms with E-state index in [2.05, 4.69) is 37.0 Å². The number of H-pyrrole nitrogens is 1. The average molecular weight is 259 g/mol. The highest BCUT2D eigenvalue weighted by Crippen LogP contribution is 2.24. The standard InChI is InChI=1S/C15H17NOS/c1-9-5-4-6-12-11(3)13(8-7-10(2)17)15(18)16-14(9)12/h4-6H,7-8H2,1-3H3,(H,16,18). The van der Waals surface area contributed by atoms with Gasteiger partial charge in [-0.25, -0.2) is 0 Å². The SMILES string of the molecule is CC(=O)CCc1c(C)c2cccc(C)c2[nH]c1=S. The van der Waals surface area contributed by atoms with Gasteiger partial charge in [0.15, 0.2) is 0 Å². The minimum Gasteiger partial charge on any atom is -0.346 e. The van der Waals surface area contributed by atoms with Crippen molar-refractivity contribution in [3.63, 3.8) is 0 Å². The fourth-order valence-corrected chi connectivity index (χ4v) is 2.63. The first-order valence-electron chi connectivity index (χ1n) is 6.11. The summed E-state index contributed by atoms with van der Waals surface area (Å²) in [6.45, 7) is 5.77. The van der Waals surface area contributed by atoms with E-state index in [1.807, 2.05) is 0 Å². The van der Waals surface area contributed by atoms with E-state index in [9.17, 15) is 4.79 Å². The van der Waals surface area contributed by atoms with Crippen molar-refractivity contribution in [2.24, 2.45) is 0 Å². The van der Waals surface area contributed by atoms with E-state index in [0.29, 0.717) is 6.42 Å². The van der Waals surface area contributed by atoms with E-state index >= 15 is 0 Å². The van der Waals surface area contributed by atoms with E-state index in [0.717, 1.165) is 22.1 Å². The number of para-hydroxylation sites is 1. The van der Waals surface area contributed by atoms with E-state index in [1.165, 1.54) is 16.5 Å². The van der Waals surface area contributed by atoms with Gasteiger partial charge >= 0.3 is 0 Å². The van der Waals surface area contributed by atoms with Gasteiger partial charge in [-0.3, -0.25) is 0 Å². The summed E-state index contributed by atoms with van der Waals surface area (Å²) in [7, 11) is 0. The fourth-order valence-electron chi connectivity index (χ4n) is 2.27. The highest BCUT2D eigenvalue weighted by atomic mass is 32.1. The molecule has 0 saturated carbocycles. The molecular weight excluding hydrogens is 242 g/mol. The molecule has 2 rings (SSSR count). The number of carbonyl (C=O) groups excluding carboxylic acids is 1. The predicted octanol–water partition coefficient (Wildman–Crippen LogP) is 4.04. The van der Waals surface area contributed by atoms with Crippen LogP contribution in [0.1, 0.15) is 30.0 Å². The van der Waals surface area contributed by atoms with Crippen LogP contribution in [0.3, 0.4) is 0 Å². The van der Waals surface area contributed by atoms with Crippen LogP contribution in [0.25, 0.3) is 10.9 Å². The maximum absolute atomic E-state index is 11.1. The maximum atomic E-state index is 11.1. The van der Waals surface area contributed by atoms with Crippen molar-refractivity contribution in [2.75, 3.05) is 0 Å². The van der Waals surface area contributed by atoms with Crippen LogP contribution in [0.2, 0.25) is 0 Å². The summed E-state index contributed by atoms with van der Waals surface area (Å²) >= 11 is 5.41. The van der Waals surface area contributed by atoms with E-state index in [-0.39, 0.29) is 5.78 Å². The molecule has 0 spiro atoms. The smallest absolute Gasteiger partial charge is 0.130 e. The van der Waals surface area contributed by atoms with Crippen LogP contribution in [-0.2, 0) is 11.2 Å². The molecule has 0 aliphatic carbocycles. The van der Waals surface area contributed by atoms with Gasteiger partial charge in [-0.15, -0.1) is 0 Å². The molecule has 0 radical (unpaired) electrons. The third-order valence-electron chi connectivity index (χ3n) is 3.37. The Morgan fingerprint density at radius 1 is 1.33 bits per heavy atom. The van der Waals surface area contributed by atoms with Crippen molar-refractivity contribution in [3.05, 3.63) is 39.5 Å². The summed E-state index contributed by atoms with van der Waals surface area (Å²) in [5.41, 5.74) is 4.59. The number of rotatable bonds is 3. The Bertz CT molecular complexity index is 670. The molecule has 0 unspecified atom stereocenters. The molecule has 1 aromatic carbocycles. The molecule has 0 fully saturated rings. The molecule has 0 atom stereocenters. The molecule has 2 nitrogen and oxygen atoms in total. The number of Topliss-reactive ketones (excluding diaryl/α,β-unsaturated/α-hetero) is 1. The van der Waals surface area contributed by atoms with Gasteiger partial charge in [0.05, 0.1) is 0 Å². The van der Waals surface area contributed by atoms with Gasteiger partial charge in [-0.2, -0.15) is 0 Å². The Kier molecular flexibility index (Phi) is 3.62. The van der Waals surface area contributed by atoms with Gasteiger partial charge in [0, 0.05) is 17.3 Å². The minimum absolute atomic E-state index is 0.202. The molecule has 18 heavy (non-hydrogen) atoms. The fraction of sp³-hybridized carbons (Fsp3) is 0.333. The molecule has 2 aromatic rings. The van der Waals surface area contributed by atoms with Crippen LogP contribution in [0, 0.1) is 18.5 Å². The number of aromatic nitrogens is 1. The molecule has 1 aromatic heterocycles. The van der Waals surface area contributed by atoms with Crippen molar-refractivity contribution >= 4 is 28.9 Å². The molecular formula is C15H17NOS. The maximum Gasteiger partial charge on any atom is 0.130 e. The third-order valence-corrected chi connectivity index (χ3v) is 3.72. The van der Waals surface area contributed by atoms with Crippen molar-refractivity contribution < 1.29 is 4.79 Å². The van der Waals surface area contributed by atoms with Gasteiger partial charge in [0.25, 0.3) is 0 Å². The molecule has 3 heteroatoms. The van der Waals surface area contributed by atoms with Gasteiger partial charge in [0.2, 0.25) is 0 Å². The number of hydrogen-bond acceptors (Lipinski definition) is 2. The molecule has 94 valence electrons. The van der Waals surface area contributed by atoms with Gasteiger partial charge in [0.1, 0.15) is 10.4 Å². The van der Waals surface area contributed by atoms with Gasteiger partial charge in [-0.1, -0.05) is 30.4 Å². The Balaban J connectivity index is 2.62. The zero-order valence-corrected chi connectivity index (χ0v) is 11.8. The first kappa shape index (κ1) is 13.0. The van der Waals surface area contributed by atoms with Crippen LogP contribution < -0.4 is 0 Å². The summed E-state index contributed by atoms with van der Waals surface area (Å²) in [6, 6.07) is 6.22. The molecule has 0 aliphatic rings. The van der Waals surface area contributed by atoms with Crippen molar-refractivity contribution in [3.8, 4) is 0 Å². The summed E-state index contributed by atoms with van der Waals surface area (Å²) in [6.07, 6.45) is 1.27. The largest absolute Gasteiger partial charge is 0.346 e. The van der Waals surface area contributed by atoms with Crippen molar-refractivity contribution in [1.29, 1.82) is 0 Å². The Morgan fingerprint density at radius 3 is 2.72 bits per heavy atom. The molecule has 0 saturated heterocycles. The van der Waals surface area contributed by atoms with Crippen LogP contribution >= 0.6 is 12.2 Å². The van der Waals surface area contributed by atoms with E-state index in [4.69, 9.17) is 12.2 Å². The predicted molar refractivity (Wildman–Crippen MR) is 77.6 cm³/mol. The summed E-state index contributed by atoms with van der Waals surface area (Å²) in [5, 5.41) is 1.20. The van der Waals surface area contributed by atoms with Gasteiger partial charge in [-0.05, 0) is 43.9 Å². The second-order valence-electron chi connectivity index (χ2n) is 4.76. The second-order valence-corrected chi connectivity index (χ2v) is 5.17. The van der Waals surface area contributed by atoms with Crippen LogP contribution in [0.15, 0.2) is 18.2 Å². The lowest BCUT2D eigenvalue weighted by atomic mass is 9.99. The van der Waals surface area contributed by atoms with Gasteiger partial charge < -0.3 is 9.78 Å². The number of nitrogens with one attached hydrogen (secondary N) is 1. The van der Waals surface area contributed by atoms with E-state index < -0.39 is 0 Å². The lowest BCUT2D eigenvalue weighted by Gasteiger charge is -2.11. The quantitative estimate of drug-likeness (QED) is 0.844. The number of ketones is 1. The number of carbonyl (C=O) groups is 1. The monoisotopic (exact) mass is 259 g/mol. The molecule has 1 heterocycles. The topological polar surface area (TPSA) is 32.9 Å². The molecule has 0 amide bonds. The second kappa shape index (κ2) is 5.02. The number of aromatic amines is 1. The van der Waals surface area contributed by atoms with Crippen molar-refractivity contribution in [2.45, 2.75) is 33.6 Å². The third kappa shape index (κ3) is 2.36. The average Bonchev–Trinajstić information content (AvgIpc) is 2.30. The molecule has 0 bridgehead atoms. The van der Waals surface area contributed by atoms with Crippen LogP contribution in [0.4, 0.5) is 0 Å². The Hall–Kier alpha value is -1.48. The first-order valence-corrected chi connectivity index (χ1v) is 6.52. The normalized spacial score (nSPS) is 10.8. The summed E-state index contributed by atoms with van der Waals surface area (Å²) < 4.78 is 0.760. The summed E-state index contributed by atoms with van der Waals surface area (Å²) in [5.74, 6) is 0.202. The lowest BCUT2D eigenvalue weighted by molar-refractivity contribution is -0.116. The number of aryl methyl sites for hydroxylation is 2. The summed E-state index contributed by atoms with van der Waals surface area (Å²) in [4.78, 5) is 14.4. The lowest BCUT2D eigenvalue weighted by Crippen LogP contribution is -2.00. The van der Waals surface area contributed by atoms with Crippen molar-refractivity contribution in [1.82, 2.24) is 4.98 Å². The Labute approximate surface area is 112 Å². The zero-order valence-electron chi connectivity index (χ0n) is 11.0. The number of fused-ring (bicyclic) bond motifs is 1. The van der Waals surface area contributed by atoms with Crippen LogP contribution in [-0.4, -0.2) is 10.8 Å². The van der Waals surface area contributed by atoms with Crippen LogP contribution in [0.5, 0.6) is 0 Å².